The molecule has 2 amide bonds. The van der Waals surface area contributed by atoms with Crippen molar-refractivity contribution in [2.75, 3.05) is 20.3 Å². The van der Waals surface area contributed by atoms with E-state index in [4.69, 9.17) is 4.74 Å². The second kappa shape index (κ2) is 5.84. The first-order valence-electron chi connectivity index (χ1n) is 6.30. The lowest BCUT2D eigenvalue weighted by Gasteiger charge is -2.38. The molecule has 2 rings (SSSR count). The van der Waals surface area contributed by atoms with E-state index < -0.39 is 12.1 Å². The molecule has 1 saturated heterocycles. The van der Waals surface area contributed by atoms with Crippen molar-refractivity contribution in [3.05, 3.63) is 35.9 Å². The molecule has 1 aliphatic rings. The maximum Gasteiger partial charge on any atom is 0.248 e. The van der Waals surface area contributed by atoms with Gasteiger partial charge in [-0.3, -0.25) is 9.59 Å². The van der Waals surface area contributed by atoms with Gasteiger partial charge in [0.2, 0.25) is 11.8 Å². The molecule has 0 radical (unpaired) electrons. The van der Waals surface area contributed by atoms with Crippen LogP contribution < -0.4 is 5.32 Å². The molecule has 0 saturated carbocycles. The van der Waals surface area contributed by atoms with Gasteiger partial charge in [0.1, 0.15) is 12.1 Å². The molecular formula is C14H18N2O3. The van der Waals surface area contributed by atoms with Crippen molar-refractivity contribution in [1.82, 2.24) is 10.2 Å². The van der Waals surface area contributed by atoms with Crippen LogP contribution in [0.3, 0.4) is 0 Å². The minimum Gasteiger partial charge on any atom is -0.383 e. The second-order valence-corrected chi connectivity index (χ2v) is 4.57. The smallest absolute Gasteiger partial charge is 0.248 e. The quantitative estimate of drug-likeness (QED) is 0.870. The van der Waals surface area contributed by atoms with Crippen LogP contribution in [0.4, 0.5) is 0 Å². The Morgan fingerprint density at radius 3 is 2.58 bits per heavy atom. The third-order valence-corrected chi connectivity index (χ3v) is 3.22. The Labute approximate surface area is 112 Å². The number of methoxy groups -OCH3 is 1. The van der Waals surface area contributed by atoms with Gasteiger partial charge in [-0.25, -0.2) is 0 Å². The minimum atomic E-state index is -0.569. The normalized spacial score (nSPS) is 23.4. The SMILES string of the molecule is COCCN1C(=O)C(C)NC(=O)C1c1ccccc1. The van der Waals surface area contributed by atoms with Crippen molar-refractivity contribution in [1.29, 1.82) is 0 Å². The number of benzene rings is 1. The Kier molecular flexibility index (Phi) is 4.16. The predicted molar refractivity (Wildman–Crippen MR) is 70.4 cm³/mol. The summed E-state index contributed by atoms with van der Waals surface area (Å²) >= 11 is 0. The highest BCUT2D eigenvalue weighted by Gasteiger charge is 2.38. The Bertz CT molecular complexity index is 461. The van der Waals surface area contributed by atoms with Gasteiger partial charge in [-0.2, -0.15) is 0 Å². The highest BCUT2D eigenvalue weighted by atomic mass is 16.5. The van der Waals surface area contributed by atoms with Crippen LogP contribution in [0.15, 0.2) is 30.3 Å². The number of hydrogen-bond acceptors (Lipinski definition) is 3. The zero-order valence-corrected chi connectivity index (χ0v) is 11.1. The van der Waals surface area contributed by atoms with E-state index in [0.29, 0.717) is 13.2 Å². The first-order valence-corrected chi connectivity index (χ1v) is 6.30. The minimum absolute atomic E-state index is 0.0782. The summed E-state index contributed by atoms with van der Waals surface area (Å²) in [5.41, 5.74) is 0.816. The fraction of sp³-hybridized carbons (Fsp3) is 0.429. The van der Waals surface area contributed by atoms with Crippen LogP contribution in [0.5, 0.6) is 0 Å². The standard InChI is InChI=1S/C14H18N2O3/c1-10-14(18)16(8-9-19-2)12(13(17)15-10)11-6-4-3-5-7-11/h3-7,10,12H,8-9H2,1-2H3,(H,15,17). The van der Waals surface area contributed by atoms with Gasteiger partial charge in [0.05, 0.1) is 6.61 Å². The average Bonchev–Trinajstić information content (AvgIpc) is 2.42. The van der Waals surface area contributed by atoms with Gasteiger partial charge in [-0.1, -0.05) is 30.3 Å². The average molecular weight is 262 g/mol. The summed E-state index contributed by atoms with van der Waals surface area (Å²) in [5.74, 6) is -0.222. The number of nitrogens with one attached hydrogen (secondary N) is 1. The van der Waals surface area contributed by atoms with Crippen molar-refractivity contribution >= 4 is 11.8 Å². The fourth-order valence-electron chi connectivity index (χ4n) is 2.27. The molecule has 19 heavy (non-hydrogen) atoms. The summed E-state index contributed by atoms with van der Waals surface area (Å²) in [6.45, 7) is 2.52. The molecule has 1 aliphatic heterocycles. The molecule has 102 valence electrons. The van der Waals surface area contributed by atoms with E-state index in [2.05, 4.69) is 5.32 Å². The van der Waals surface area contributed by atoms with Gasteiger partial charge in [0.15, 0.2) is 0 Å². The molecular weight excluding hydrogens is 244 g/mol. The molecule has 1 aromatic rings. The molecule has 0 aromatic heterocycles. The highest BCUT2D eigenvalue weighted by Crippen LogP contribution is 2.25. The summed E-state index contributed by atoms with van der Waals surface area (Å²) in [4.78, 5) is 26.0. The van der Waals surface area contributed by atoms with Crippen LogP contribution in [0, 0.1) is 0 Å². The van der Waals surface area contributed by atoms with Crippen molar-refractivity contribution in [2.24, 2.45) is 0 Å². The van der Waals surface area contributed by atoms with E-state index in [0.717, 1.165) is 5.56 Å². The lowest BCUT2D eigenvalue weighted by Crippen LogP contribution is -2.58. The molecule has 0 aliphatic carbocycles. The summed E-state index contributed by atoms with van der Waals surface area (Å²) in [6, 6.07) is 8.26. The van der Waals surface area contributed by atoms with Gasteiger partial charge in [0, 0.05) is 13.7 Å². The third-order valence-electron chi connectivity index (χ3n) is 3.22. The zero-order chi connectivity index (χ0) is 13.8. The van der Waals surface area contributed by atoms with E-state index in [1.54, 1.807) is 18.9 Å². The molecule has 1 N–H and O–H groups in total. The van der Waals surface area contributed by atoms with Gasteiger partial charge in [-0.15, -0.1) is 0 Å². The van der Waals surface area contributed by atoms with Crippen molar-refractivity contribution in [3.63, 3.8) is 0 Å². The first-order chi connectivity index (χ1) is 9.15. The molecule has 0 bridgehead atoms. The zero-order valence-electron chi connectivity index (χ0n) is 11.1. The van der Waals surface area contributed by atoms with Crippen molar-refractivity contribution < 1.29 is 14.3 Å². The number of piperazine rings is 1. The molecule has 1 fully saturated rings. The lowest BCUT2D eigenvalue weighted by atomic mass is 10.00. The number of nitrogens with zero attached hydrogens (tertiary/aromatic N) is 1. The van der Waals surface area contributed by atoms with Crippen LogP contribution in [-0.4, -0.2) is 43.0 Å². The maximum absolute atomic E-state index is 12.2. The van der Waals surface area contributed by atoms with Gasteiger partial charge in [-0.05, 0) is 12.5 Å². The van der Waals surface area contributed by atoms with E-state index in [9.17, 15) is 9.59 Å². The maximum atomic E-state index is 12.2. The van der Waals surface area contributed by atoms with Crippen molar-refractivity contribution in [2.45, 2.75) is 19.0 Å². The Hall–Kier alpha value is -1.88. The molecule has 0 spiro atoms. The summed E-state index contributed by atoms with van der Waals surface area (Å²) in [7, 11) is 1.58. The van der Waals surface area contributed by atoms with Crippen molar-refractivity contribution in [3.8, 4) is 0 Å². The van der Waals surface area contributed by atoms with E-state index in [1.165, 1.54) is 0 Å². The number of ether oxygens (including phenoxy) is 1. The van der Waals surface area contributed by atoms with E-state index in [1.807, 2.05) is 30.3 Å². The largest absolute Gasteiger partial charge is 0.383 e. The molecule has 5 nitrogen and oxygen atoms in total. The highest BCUT2D eigenvalue weighted by molar-refractivity contribution is 5.97. The van der Waals surface area contributed by atoms with Crippen LogP contribution in [0.25, 0.3) is 0 Å². The number of hydrogen-bond donors (Lipinski definition) is 1. The van der Waals surface area contributed by atoms with Crippen LogP contribution in [0.2, 0.25) is 0 Å². The second-order valence-electron chi connectivity index (χ2n) is 4.57. The summed E-state index contributed by atoms with van der Waals surface area (Å²) in [6.07, 6.45) is 0. The van der Waals surface area contributed by atoms with Gasteiger partial charge < -0.3 is 15.0 Å². The molecule has 5 heteroatoms. The van der Waals surface area contributed by atoms with Crippen LogP contribution in [-0.2, 0) is 14.3 Å². The lowest BCUT2D eigenvalue weighted by molar-refractivity contribution is -0.149. The monoisotopic (exact) mass is 262 g/mol. The molecule has 2 atom stereocenters. The van der Waals surface area contributed by atoms with Gasteiger partial charge in [0.25, 0.3) is 0 Å². The van der Waals surface area contributed by atoms with Gasteiger partial charge >= 0.3 is 0 Å². The molecule has 2 unspecified atom stereocenters. The summed E-state index contributed by atoms with van der Waals surface area (Å²) < 4.78 is 5.02. The number of carbonyl (C=O) groups excluding carboxylic acids is 2. The Morgan fingerprint density at radius 1 is 1.26 bits per heavy atom. The third kappa shape index (κ3) is 2.76. The number of carbonyl (C=O) groups is 2. The predicted octanol–water partition coefficient (Wildman–Crippen LogP) is 0.721. The Balaban J connectivity index is 2.30. The number of rotatable bonds is 4. The fourth-order valence-corrected chi connectivity index (χ4v) is 2.27. The van der Waals surface area contributed by atoms with Crippen LogP contribution >= 0.6 is 0 Å². The Morgan fingerprint density at radius 2 is 1.95 bits per heavy atom. The molecule has 1 aromatic carbocycles. The molecule has 1 heterocycles. The van der Waals surface area contributed by atoms with E-state index >= 15 is 0 Å². The first kappa shape index (κ1) is 13.5. The van der Waals surface area contributed by atoms with Crippen LogP contribution in [0.1, 0.15) is 18.5 Å². The number of amides is 2. The topological polar surface area (TPSA) is 58.6 Å². The summed E-state index contributed by atoms with van der Waals surface area (Å²) in [5, 5.41) is 2.71. The van der Waals surface area contributed by atoms with E-state index in [-0.39, 0.29) is 11.8 Å².